The molecule has 1 aromatic carbocycles. The van der Waals surface area contributed by atoms with E-state index in [0.717, 1.165) is 25.9 Å². The number of fused-ring (bicyclic) bond motifs is 3. The van der Waals surface area contributed by atoms with Crippen LogP contribution in [0.1, 0.15) is 30.2 Å². The van der Waals surface area contributed by atoms with Gasteiger partial charge in [0.05, 0.1) is 13.2 Å². The lowest BCUT2D eigenvalue weighted by atomic mass is 10.1. The minimum Gasteiger partial charge on any atom is -0.450 e. The van der Waals surface area contributed by atoms with E-state index < -0.39 is 0 Å². The molecule has 0 atom stereocenters. The van der Waals surface area contributed by atoms with Crippen LogP contribution in [0.15, 0.2) is 48.8 Å². The molecule has 0 aliphatic carbocycles. The van der Waals surface area contributed by atoms with Gasteiger partial charge >= 0.3 is 6.09 Å². The molecule has 2 aromatic heterocycles. The maximum Gasteiger partial charge on any atom is 0.410 e. The van der Waals surface area contributed by atoms with Gasteiger partial charge in [-0.1, -0.05) is 18.2 Å². The van der Waals surface area contributed by atoms with Crippen LogP contribution in [-0.4, -0.2) is 33.7 Å². The molecule has 27 heavy (non-hydrogen) atoms. The molecule has 1 aliphatic heterocycles. The number of amides is 1. The summed E-state index contributed by atoms with van der Waals surface area (Å²) in [7, 11) is 0. The Balaban J connectivity index is 0.00000210. The van der Waals surface area contributed by atoms with Crippen molar-refractivity contribution in [2.45, 2.75) is 32.9 Å². The molecule has 1 aliphatic rings. The van der Waals surface area contributed by atoms with E-state index in [1.165, 1.54) is 27.7 Å². The number of benzene rings is 1. The summed E-state index contributed by atoms with van der Waals surface area (Å²) < 4.78 is 7.64. The van der Waals surface area contributed by atoms with Crippen molar-refractivity contribution in [2.75, 3.05) is 13.2 Å². The molecule has 0 unspecified atom stereocenters. The fraction of sp³-hybridized carbons (Fsp3) is 0.333. The monoisotopic (exact) mass is 385 g/mol. The van der Waals surface area contributed by atoms with Gasteiger partial charge in [-0.25, -0.2) is 4.79 Å². The Labute approximate surface area is 165 Å². The smallest absolute Gasteiger partial charge is 0.410 e. The van der Waals surface area contributed by atoms with Crippen LogP contribution in [0.2, 0.25) is 0 Å². The van der Waals surface area contributed by atoms with Crippen molar-refractivity contribution in [1.29, 1.82) is 0 Å². The predicted octanol–water partition coefficient (Wildman–Crippen LogP) is 4.41. The van der Waals surface area contributed by atoms with Crippen molar-refractivity contribution >= 4 is 29.4 Å². The lowest BCUT2D eigenvalue weighted by Gasteiger charge is -2.19. The summed E-state index contributed by atoms with van der Waals surface area (Å²) in [6.45, 7) is 4.42. The van der Waals surface area contributed by atoms with Gasteiger partial charge in [-0.15, -0.1) is 12.4 Å². The molecule has 1 amide bonds. The largest absolute Gasteiger partial charge is 0.450 e. The van der Waals surface area contributed by atoms with Crippen LogP contribution in [-0.2, 0) is 24.2 Å². The molecule has 142 valence electrons. The average Bonchev–Trinajstić information content (AvgIpc) is 2.83. The fourth-order valence-corrected chi connectivity index (χ4v) is 3.82. The second-order valence-electron chi connectivity index (χ2n) is 6.61. The van der Waals surface area contributed by atoms with Crippen molar-refractivity contribution in [1.82, 2.24) is 14.5 Å². The summed E-state index contributed by atoms with van der Waals surface area (Å²) in [4.78, 5) is 18.2. The molecule has 0 radical (unpaired) electrons. The van der Waals surface area contributed by atoms with Gasteiger partial charge in [-0.2, -0.15) is 0 Å². The normalized spacial score (nSPS) is 13.6. The Bertz CT molecular complexity index is 924. The van der Waals surface area contributed by atoms with Gasteiger partial charge in [0.2, 0.25) is 0 Å². The third-order valence-electron chi connectivity index (χ3n) is 5.00. The first kappa shape index (κ1) is 19.2. The van der Waals surface area contributed by atoms with E-state index in [4.69, 9.17) is 4.74 Å². The van der Waals surface area contributed by atoms with Crippen molar-refractivity contribution in [3.8, 4) is 0 Å². The zero-order valence-electron chi connectivity index (χ0n) is 15.4. The Morgan fingerprint density at radius 1 is 1.19 bits per heavy atom. The van der Waals surface area contributed by atoms with Crippen LogP contribution in [0, 0.1) is 0 Å². The molecule has 4 rings (SSSR count). The van der Waals surface area contributed by atoms with Gasteiger partial charge in [0.15, 0.2) is 0 Å². The van der Waals surface area contributed by atoms with E-state index in [2.05, 4.69) is 45.9 Å². The number of hydrogen-bond donors (Lipinski definition) is 0. The number of para-hydroxylation sites is 1. The highest BCUT2D eigenvalue weighted by Crippen LogP contribution is 2.31. The lowest BCUT2D eigenvalue weighted by Crippen LogP contribution is -2.31. The SMILES string of the molecule is CCOC(=O)N1CCCc2c(c3ccccc3n2Cc2ccncc2)C1.Cl. The first-order valence-electron chi connectivity index (χ1n) is 9.17. The molecule has 3 heterocycles. The van der Waals surface area contributed by atoms with E-state index in [-0.39, 0.29) is 18.5 Å². The van der Waals surface area contributed by atoms with Crippen molar-refractivity contribution in [3.63, 3.8) is 0 Å². The second kappa shape index (κ2) is 8.44. The third-order valence-corrected chi connectivity index (χ3v) is 5.00. The number of rotatable bonds is 3. The number of nitrogens with zero attached hydrogens (tertiary/aromatic N) is 3. The third kappa shape index (κ3) is 3.78. The van der Waals surface area contributed by atoms with E-state index >= 15 is 0 Å². The van der Waals surface area contributed by atoms with E-state index in [9.17, 15) is 4.79 Å². The molecule has 3 aromatic rings. The highest BCUT2D eigenvalue weighted by molar-refractivity contribution is 5.86. The number of hydrogen-bond acceptors (Lipinski definition) is 3. The first-order valence-corrected chi connectivity index (χ1v) is 9.17. The van der Waals surface area contributed by atoms with Crippen LogP contribution in [0.4, 0.5) is 4.79 Å². The van der Waals surface area contributed by atoms with Crippen LogP contribution in [0.5, 0.6) is 0 Å². The zero-order valence-corrected chi connectivity index (χ0v) is 16.2. The standard InChI is InChI=1S/C21H23N3O2.ClH/c1-2-26-21(25)23-13-5-8-20-18(15-23)17-6-3-4-7-19(17)24(20)14-16-9-11-22-12-10-16;/h3-4,6-7,9-12H,2,5,8,13-15H2,1H3;1H. The molecule has 5 nitrogen and oxygen atoms in total. The van der Waals surface area contributed by atoms with Crippen LogP contribution in [0.3, 0.4) is 0 Å². The topological polar surface area (TPSA) is 47.4 Å². The average molecular weight is 386 g/mol. The molecule has 6 heteroatoms. The molecule has 0 fully saturated rings. The van der Waals surface area contributed by atoms with Crippen LogP contribution >= 0.6 is 12.4 Å². The molecule has 0 bridgehead atoms. The second-order valence-corrected chi connectivity index (χ2v) is 6.61. The number of aromatic nitrogens is 2. The van der Waals surface area contributed by atoms with Crippen molar-refractivity contribution < 1.29 is 9.53 Å². The Morgan fingerprint density at radius 2 is 1.96 bits per heavy atom. The quantitative estimate of drug-likeness (QED) is 0.670. The minimum absolute atomic E-state index is 0. The predicted molar refractivity (Wildman–Crippen MR) is 108 cm³/mol. The highest BCUT2D eigenvalue weighted by atomic mass is 35.5. The van der Waals surface area contributed by atoms with Gasteiger partial charge in [-0.05, 0) is 43.5 Å². The van der Waals surface area contributed by atoms with Gasteiger partial charge in [0.25, 0.3) is 0 Å². The lowest BCUT2D eigenvalue weighted by molar-refractivity contribution is 0.105. The Kier molecular flexibility index (Phi) is 6.01. The van der Waals surface area contributed by atoms with E-state index in [1.807, 2.05) is 24.2 Å². The zero-order chi connectivity index (χ0) is 17.9. The van der Waals surface area contributed by atoms with Crippen molar-refractivity contribution in [3.05, 3.63) is 65.6 Å². The molecule has 0 spiro atoms. The highest BCUT2D eigenvalue weighted by Gasteiger charge is 2.25. The van der Waals surface area contributed by atoms with Gasteiger partial charge < -0.3 is 14.2 Å². The van der Waals surface area contributed by atoms with Crippen molar-refractivity contribution in [2.24, 2.45) is 0 Å². The summed E-state index contributed by atoms with van der Waals surface area (Å²) in [5.41, 5.74) is 5.03. The Morgan fingerprint density at radius 3 is 2.74 bits per heavy atom. The van der Waals surface area contributed by atoms with Gasteiger partial charge in [0.1, 0.15) is 0 Å². The number of ether oxygens (including phenoxy) is 1. The summed E-state index contributed by atoms with van der Waals surface area (Å²) in [5.74, 6) is 0. The molecule has 0 saturated heterocycles. The van der Waals surface area contributed by atoms with Gasteiger partial charge in [-0.3, -0.25) is 4.98 Å². The van der Waals surface area contributed by atoms with Gasteiger partial charge in [0, 0.05) is 47.6 Å². The van der Waals surface area contributed by atoms with Crippen LogP contribution < -0.4 is 0 Å². The van der Waals surface area contributed by atoms with E-state index in [0.29, 0.717) is 13.2 Å². The maximum absolute atomic E-state index is 12.3. The van der Waals surface area contributed by atoms with E-state index in [1.54, 1.807) is 0 Å². The molecule has 0 saturated carbocycles. The maximum atomic E-state index is 12.3. The molecule has 0 N–H and O–H groups in total. The molecular weight excluding hydrogens is 362 g/mol. The number of carbonyl (C=O) groups excluding carboxylic acids is 1. The van der Waals surface area contributed by atoms with Crippen LogP contribution in [0.25, 0.3) is 10.9 Å². The molecular formula is C21H24ClN3O2. The summed E-state index contributed by atoms with van der Waals surface area (Å²) >= 11 is 0. The Hall–Kier alpha value is -2.53. The fourth-order valence-electron chi connectivity index (χ4n) is 3.82. The number of carbonyl (C=O) groups is 1. The summed E-state index contributed by atoms with van der Waals surface area (Å²) in [6.07, 6.45) is 5.36. The first-order chi connectivity index (χ1) is 12.8. The number of halogens is 1. The summed E-state index contributed by atoms with van der Waals surface area (Å²) in [6, 6.07) is 12.6. The number of pyridine rings is 1. The minimum atomic E-state index is -0.216. The summed E-state index contributed by atoms with van der Waals surface area (Å²) in [5, 5.41) is 1.23.